The molecule has 1 aromatic carbocycles. The van der Waals surface area contributed by atoms with E-state index in [0.29, 0.717) is 16.4 Å². The summed E-state index contributed by atoms with van der Waals surface area (Å²) in [5.74, 6) is -1.11. The molecule has 0 atom stereocenters. The molecule has 9 heteroatoms. The lowest BCUT2D eigenvalue weighted by atomic mass is 9.98. The smallest absolute Gasteiger partial charge is 0.326 e. The van der Waals surface area contributed by atoms with Crippen LogP contribution in [-0.4, -0.2) is 46.8 Å². The molecular weight excluding hydrogens is 468 g/mol. The summed E-state index contributed by atoms with van der Waals surface area (Å²) in [4.78, 5) is 42.2. The maximum Gasteiger partial charge on any atom is 0.326 e. The zero-order valence-electron chi connectivity index (χ0n) is 20.4. The van der Waals surface area contributed by atoms with Gasteiger partial charge in [0, 0.05) is 29.0 Å². The lowest BCUT2D eigenvalue weighted by Crippen LogP contribution is -2.41. The van der Waals surface area contributed by atoms with E-state index in [1.165, 1.54) is 11.8 Å². The number of aromatic nitrogens is 3. The first kappa shape index (κ1) is 24.6. The van der Waals surface area contributed by atoms with E-state index in [0.717, 1.165) is 16.0 Å². The average molecular weight is 496 g/mol. The maximum absolute atomic E-state index is 13.8. The zero-order valence-corrected chi connectivity index (χ0v) is 21.1. The number of imide groups is 1. The SMILES string of the molecule is COCCN1C(=O)C(c2c(C(C)C)[nH]n(-c3ccc(Cl)cc3)c2=O)=C([n+]2cc(C)cc(C)c2)C1=O. The van der Waals surface area contributed by atoms with E-state index < -0.39 is 17.4 Å². The van der Waals surface area contributed by atoms with Crippen molar-refractivity contribution >= 4 is 34.7 Å². The molecule has 4 rings (SSSR count). The second kappa shape index (κ2) is 9.64. The second-order valence-corrected chi connectivity index (χ2v) is 9.38. The normalized spacial score (nSPS) is 14.1. The number of hydrogen-bond donors (Lipinski definition) is 1. The van der Waals surface area contributed by atoms with Crippen molar-refractivity contribution in [1.82, 2.24) is 14.7 Å². The highest BCUT2D eigenvalue weighted by Crippen LogP contribution is 2.32. The fourth-order valence-electron chi connectivity index (χ4n) is 4.34. The minimum absolute atomic E-state index is 0.0822. The van der Waals surface area contributed by atoms with Crippen molar-refractivity contribution in [3.8, 4) is 5.69 Å². The third kappa shape index (κ3) is 4.47. The Morgan fingerprint density at radius 1 is 1.03 bits per heavy atom. The quantitative estimate of drug-likeness (QED) is 0.402. The molecule has 0 saturated carbocycles. The number of pyridine rings is 1. The van der Waals surface area contributed by atoms with Crippen LogP contribution in [0, 0.1) is 13.8 Å². The largest absolute Gasteiger partial charge is 0.383 e. The maximum atomic E-state index is 13.8. The van der Waals surface area contributed by atoms with Gasteiger partial charge in [0.15, 0.2) is 12.4 Å². The number of H-pyrrole nitrogens is 1. The average Bonchev–Trinajstić information content (AvgIpc) is 3.25. The first-order valence-corrected chi connectivity index (χ1v) is 11.7. The summed E-state index contributed by atoms with van der Waals surface area (Å²) in [6.07, 6.45) is 3.57. The molecule has 0 saturated heterocycles. The molecule has 182 valence electrons. The van der Waals surface area contributed by atoms with Gasteiger partial charge in [0.1, 0.15) is 5.57 Å². The molecule has 0 spiro atoms. The van der Waals surface area contributed by atoms with Crippen LogP contribution < -0.4 is 10.1 Å². The number of amides is 2. The number of ether oxygens (including phenoxy) is 1. The Bertz CT molecular complexity index is 1380. The number of carbonyl (C=O) groups is 2. The van der Waals surface area contributed by atoms with Crippen molar-refractivity contribution in [2.24, 2.45) is 0 Å². The lowest BCUT2D eigenvalue weighted by Gasteiger charge is -2.13. The number of rotatable bonds is 7. The van der Waals surface area contributed by atoms with Crippen molar-refractivity contribution in [3.63, 3.8) is 0 Å². The van der Waals surface area contributed by atoms with Gasteiger partial charge in [0.25, 0.3) is 17.2 Å². The van der Waals surface area contributed by atoms with Crippen LogP contribution in [0.5, 0.6) is 0 Å². The molecule has 3 aromatic rings. The van der Waals surface area contributed by atoms with Crippen LogP contribution in [0.1, 0.15) is 42.1 Å². The minimum Gasteiger partial charge on any atom is -0.383 e. The highest BCUT2D eigenvalue weighted by Gasteiger charge is 2.47. The van der Waals surface area contributed by atoms with E-state index >= 15 is 0 Å². The van der Waals surface area contributed by atoms with Gasteiger partial charge < -0.3 is 4.74 Å². The zero-order chi connectivity index (χ0) is 25.4. The van der Waals surface area contributed by atoms with Gasteiger partial charge in [0.05, 0.1) is 24.4 Å². The van der Waals surface area contributed by atoms with E-state index in [4.69, 9.17) is 16.3 Å². The third-order valence-electron chi connectivity index (χ3n) is 5.89. The number of carbonyl (C=O) groups excluding carboxylic acids is 2. The van der Waals surface area contributed by atoms with Gasteiger partial charge in [-0.25, -0.2) is 4.68 Å². The molecule has 8 nitrogen and oxygen atoms in total. The minimum atomic E-state index is -0.519. The number of benzene rings is 1. The molecule has 0 bridgehead atoms. The Morgan fingerprint density at radius 2 is 1.66 bits per heavy atom. The van der Waals surface area contributed by atoms with Crippen LogP contribution in [0.4, 0.5) is 0 Å². The first-order chi connectivity index (χ1) is 16.6. The van der Waals surface area contributed by atoms with E-state index in [-0.39, 0.29) is 35.9 Å². The number of methoxy groups -OCH3 is 1. The molecule has 1 aliphatic rings. The van der Waals surface area contributed by atoms with Gasteiger partial charge in [-0.15, -0.1) is 0 Å². The highest BCUT2D eigenvalue weighted by molar-refractivity contribution is 6.44. The molecule has 0 unspecified atom stereocenters. The highest BCUT2D eigenvalue weighted by atomic mass is 35.5. The number of halogens is 1. The Labute approximate surface area is 208 Å². The number of aromatic amines is 1. The van der Waals surface area contributed by atoms with Gasteiger partial charge in [-0.1, -0.05) is 25.4 Å². The third-order valence-corrected chi connectivity index (χ3v) is 6.14. The number of aryl methyl sites for hydroxylation is 2. The van der Waals surface area contributed by atoms with E-state index in [1.54, 1.807) is 41.2 Å². The molecular formula is C26H28ClN4O4+. The monoisotopic (exact) mass is 495 g/mol. The second-order valence-electron chi connectivity index (χ2n) is 8.95. The van der Waals surface area contributed by atoms with Crippen LogP contribution in [0.15, 0.2) is 47.5 Å². The number of hydrogen-bond acceptors (Lipinski definition) is 4. The summed E-state index contributed by atoms with van der Waals surface area (Å²) in [5.41, 5.74) is 2.99. The van der Waals surface area contributed by atoms with Gasteiger partial charge in [-0.2, -0.15) is 4.57 Å². The molecule has 0 aliphatic carbocycles. The van der Waals surface area contributed by atoms with E-state index in [9.17, 15) is 14.4 Å². The Balaban J connectivity index is 2.02. The van der Waals surface area contributed by atoms with Crippen LogP contribution in [0.2, 0.25) is 5.02 Å². The van der Waals surface area contributed by atoms with Crippen molar-refractivity contribution < 1.29 is 18.9 Å². The Morgan fingerprint density at radius 3 is 2.23 bits per heavy atom. The lowest BCUT2D eigenvalue weighted by molar-refractivity contribution is -0.577. The van der Waals surface area contributed by atoms with Gasteiger partial charge in [0.2, 0.25) is 0 Å². The molecule has 1 N–H and O–H groups in total. The van der Waals surface area contributed by atoms with Crippen molar-refractivity contribution in [2.75, 3.05) is 20.3 Å². The molecule has 35 heavy (non-hydrogen) atoms. The summed E-state index contributed by atoms with van der Waals surface area (Å²) >= 11 is 6.03. The van der Waals surface area contributed by atoms with Gasteiger partial charge in [-0.05, 0) is 50.1 Å². The van der Waals surface area contributed by atoms with Gasteiger partial charge >= 0.3 is 5.91 Å². The number of nitrogens with one attached hydrogen (secondary N) is 1. The topological polar surface area (TPSA) is 88.3 Å². The van der Waals surface area contributed by atoms with E-state index in [2.05, 4.69) is 5.10 Å². The fourth-order valence-corrected chi connectivity index (χ4v) is 4.46. The molecule has 0 radical (unpaired) electrons. The summed E-state index contributed by atoms with van der Waals surface area (Å²) in [6, 6.07) is 8.78. The summed E-state index contributed by atoms with van der Waals surface area (Å²) < 4.78 is 8.15. The Kier molecular flexibility index (Phi) is 6.78. The first-order valence-electron chi connectivity index (χ1n) is 11.3. The molecule has 0 fully saturated rings. The fraction of sp³-hybridized carbons (Fsp3) is 0.308. The standard InChI is InChI=1S/C26H27ClN4O4/c1-15(2)22-20(25(33)31(28-22)19-8-6-18(27)7-9-19)21-23(29-13-16(3)12-17(4)14-29)26(34)30(24(21)32)10-11-35-5/h6-9,12-15H,10-11H2,1-5H3/p+1. The summed E-state index contributed by atoms with van der Waals surface area (Å²) in [6.45, 7) is 7.95. The van der Waals surface area contributed by atoms with Crippen LogP contribution >= 0.6 is 11.6 Å². The Hall–Kier alpha value is -3.49. The van der Waals surface area contributed by atoms with Crippen LogP contribution in [0.25, 0.3) is 17.0 Å². The molecule has 2 amide bonds. The van der Waals surface area contributed by atoms with Crippen LogP contribution in [0.3, 0.4) is 0 Å². The molecule has 3 heterocycles. The summed E-state index contributed by atoms with van der Waals surface area (Å²) in [5, 5.41) is 3.70. The van der Waals surface area contributed by atoms with Crippen LogP contribution in [-0.2, 0) is 14.3 Å². The van der Waals surface area contributed by atoms with Crippen molar-refractivity contribution in [3.05, 3.63) is 80.5 Å². The molecule has 1 aliphatic heterocycles. The summed E-state index contributed by atoms with van der Waals surface area (Å²) in [7, 11) is 1.51. The van der Waals surface area contributed by atoms with E-state index in [1.807, 2.05) is 33.8 Å². The molecule has 2 aromatic heterocycles. The predicted octanol–water partition coefficient (Wildman–Crippen LogP) is 3.23. The predicted molar refractivity (Wildman–Crippen MR) is 133 cm³/mol. The van der Waals surface area contributed by atoms with Gasteiger partial charge in [-0.3, -0.25) is 24.4 Å². The van der Waals surface area contributed by atoms with Crippen molar-refractivity contribution in [2.45, 2.75) is 33.6 Å². The number of nitrogens with zero attached hydrogens (tertiary/aromatic N) is 3. The van der Waals surface area contributed by atoms with Crippen molar-refractivity contribution in [1.29, 1.82) is 0 Å².